The Hall–Kier alpha value is -1.74. The zero-order valence-corrected chi connectivity index (χ0v) is 15.1. The molecule has 0 saturated heterocycles. The van der Waals surface area contributed by atoms with Crippen LogP contribution in [0.2, 0.25) is 0 Å². The minimum atomic E-state index is 0.390. The van der Waals surface area contributed by atoms with Crippen molar-refractivity contribution in [2.24, 2.45) is 17.8 Å². The molecule has 4 aliphatic carbocycles. The van der Waals surface area contributed by atoms with Gasteiger partial charge in [-0.05, 0) is 61.7 Å². The van der Waals surface area contributed by atoms with Gasteiger partial charge in [0.25, 0.3) is 0 Å². The minimum Gasteiger partial charge on any atom is -0.263 e. The van der Waals surface area contributed by atoms with E-state index in [2.05, 4.69) is 34.6 Å². The molecule has 1 aromatic carbocycles. The van der Waals surface area contributed by atoms with Gasteiger partial charge in [-0.3, -0.25) is 4.98 Å². The molecule has 7 rings (SSSR count). The summed E-state index contributed by atoms with van der Waals surface area (Å²) in [5, 5.41) is 5.98. The number of hydrogen-bond acceptors (Lipinski definition) is 3. The maximum atomic E-state index is 5.20. The zero-order chi connectivity index (χ0) is 16.4. The van der Waals surface area contributed by atoms with Crippen LogP contribution in [0.1, 0.15) is 44.2 Å². The summed E-state index contributed by atoms with van der Waals surface area (Å²) in [6.07, 6.45) is 12.6. The fraction of sp³-hybridized carbons (Fsp3) is 0.455. The maximum Gasteiger partial charge on any atom is 0.125 e. The first kappa shape index (κ1) is 14.4. The Morgan fingerprint density at radius 1 is 0.920 bits per heavy atom. The zero-order valence-electron chi connectivity index (χ0n) is 14.3. The molecule has 0 N–H and O–H groups in total. The highest BCUT2D eigenvalue weighted by atomic mass is 32.1. The van der Waals surface area contributed by atoms with Crippen LogP contribution in [0, 0.1) is 17.8 Å². The first-order valence-corrected chi connectivity index (χ1v) is 10.5. The van der Waals surface area contributed by atoms with Crippen molar-refractivity contribution >= 4 is 22.1 Å². The molecule has 3 heteroatoms. The molecule has 3 aromatic rings. The predicted octanol–water partition coefficient (Wildman–Crippen LogP) is 5.83. The molecule has 25 heavy (non-hydrogen) atoms. The van der Waals surface area contributed by atoms with Gasteiger partial charge in [-0.25, -0.2) is 4.98 Å². The van der Waals surface area contributed by atoms with Gasteiger partial charge in [0.15, 0.2) is 0 Å². The lowest BCUT2D eigenvalue weighted by Gasteiger charge is -2.56. The first-order valence-electron chi connectivity index (χ1n) is 9.58. The van der Waals surface area contributed by atoms with Crippen LogP contribution in [0.5, 0.6) is 0 Å². The van der Waals surface area contributed by atoms with E-state index in [1.807, 2.05) is 23.7 Å². The number of thiazole rings is 1. The second-order valence-electron chi connectivity index (χ2n) is 8.64. The smallest absolute Gasteiger partial charge is 0.125 e. The molecular weight excluding hydrogens is 324 g/mol. The molecule has 126 valence electrons. The molecule has 0 atom stereocenters. The summed E-state index contributed by atoms with van der Waals surface area (Å²) in [6.45, 7) is 0. The molecule has 0 radical (unpaired) electrons. The quantitative estimate of drug-likeness (QED) is 0.584. The topological polar surface area (TPSA) is 25.8 Å². The van der Waals surface area contributed by atoms with Gasteiger partial charge >= 0.3 is 0 Å². The Morgan fingerprint density at radius 3 is 2.40 bits per heavy atom. The summed E-state index contributed by atoms with van der Waals surface area (Å²) in [5.41, 5.74) is 2.97. The molecular formula is C22H22N2S. The van der Waals surface area contributed by atoms with Crippen LogP contribution in [0.3, 0.4) is 0 Å². The van der Waals surface area contributed by atoms with E-state index in [4.69, 9.17) is 4.98 Å². The van der Waals surface area contributed by atoms with Crippen LogP contribution in [0.4, 0.5) is 0 Å². The van der Waals surface area contributed by atoms with Crippen LogP contribution in [0.25, 0.3) is 21.3 Å². The Morgan fingerprint density at radius 2 is 1.64 bits per heavy atom. The van der Waals surface area contributed by atoms with Crippen molar-refractivity contribution < 1.29 is 0 Å². The average Bonchev–Trinajstić information content (AvgIpc) is 3.11. The second-order valence-corrected chi connectivity index (χ2v) is 9.50. The van der Waals surface area contributed by atoms with Crippen LogP contribution in [-0.4, -0.2) is 9.97 Å². The molecule has 2 heterocycles. The lowest BCUT2D eigenvalue weighted by atomic mass is 9.49. The van der Waals surface area contributed by atoms with Gasteiger partial charge in [-0.15, -0.1) is 11.3 Å². The number of aromatic nitrogens is 2. The van der Waals surface area contributed by atoms with Crippen LogP contribution in [-0.2, 0) is 5.41 Å². The van der Waals surface area contributed by atoms with Crippen LogP contribution >= 0.6 is 11.3 Å². The second kappa shape index (κ2) is 5.14. The van der Waals surface area contributed by atoms with E-state index in [-0.39, 0.29) is 0 Å². The Kier molecular flexibility index (Phi) is 2.96. The van der Waals surface area contributed by atoms with Crippen LogP contribution < -0.4 is 0 Å². The normalized spacial score (nSPS) is 33.2. The van der Waals surface area contributed by atoms with Gasteiger partial charge in [0.05, 0.1) is 5.69 Å². The molecule has 4 aliphatic rings. The third kappa shape index (κ3) is 2.15. The molecule has 4 saturated carbocycles. The van der Waals surface area contributed by atoms with Gasteiger partial charge in [0, 0.05) is 34.1 Å². The van der Waals surface area contributed by atoms with Gasteiger partial charge < -0.3 is 0 Å². The van der Waals surface area contributed by atoms with E-state index < -0.39 is 0 Å². The lowest BCUT2D eigenvalue weighted by Crippen LogP contribution is -2.48. The van der Waals surface area contributed by atoms with Crippen LogP contribution in [0.15, 0.2) is 42.0 Å². The number of fused-ring (bicyclic) bond motifs is 1. The third-order valence-electron chi connectivity index (χ3n) is 6.98. The van der Waals surface area contributed by atoms with Crippen molar-refractivity contribution in [3.63, 3.8) is 0 Å². The van der Waals surface area contributed by atoms with Gasteiger partial charge in [0.2, 0.25) is 0 Å². The van der Waals surface area contributed by atoms with E-state index in [0.29, 0.717) is 5.41 Å². The minimum absolute atomic E-state index is 0.390. The summed E-state index contributed by atoms with van der Waals surface area (Å²) in [7, 11) is 0. The molecule has 0 aliphatic heterocycles. The fourth-order valence-corrected chi connectivity index (χ4v) is 7.32. The van der Waals surface area contributed by atoms with Gasteiger partial charge in [-0.2, -0.15) is 0 Å². The molecule has 4 fully saturated rings. The van der Waals surface area contributed by atoms with Crippen molar-refractivity contribution in [2.75, 3.05) is 0 Å². The van der Waals surface area contributed by atoms with Crippen molar-refractivity contribution in [2.45, 2.75) is 43.9 Å². The number of pyridine rings is 1. The van der Waals surface area contributed by atoms with E-state index in [0.717, 1.165) is 22.8 Å². The molecule has 0 spiro atoms. The van der Waals surface area contributed by atoms with E-state index in [1.165, 1.54) is 60.6 Å². The standard InChI is InChI=1S/C22H22N2S/c1-2-4-18-17(3-1)11-23-12-19(18)21-24-20(13-25-21)22-8-14-5-15(9-22)7-16(6-14)10-22/h1-4,11-16H,5-10H2. The Labute approximate surface area is 152 Å². The molecule has 4 bridgehead atoms. The number of rotatable bonds is 2. The largest absolute Gasteiger partial charge is 0.263 e. The fourth-order valence-electron chi connectivity index (χ4n) is 6.35. The highest BCUT2D eigenvalue weighted by molar-refractivity contribution is 7.13. The number of benzene rings is 1. The Balaban J connectivity index is 1.44. The van der Waals surface area contributed by atoms with E-state index in [9.17, 15) is 0 Å². The van der Waals surface area contributed by atoms with Crippen molar-refractivity contribution in [3.05, 3.63) is 47.7 Å². The molecule has 0 unspecified atom stereocenters. The van der Waals surface area contributed by atoms with Gasteiger partial charge in [-0.1, -0.05) is 24.3 Å². The highest BCUT2D eigenvalue weighted by Gasteiger charge is 2.52. The summed E-state index contributed by atoms with van der Waals surface area (Å²) in [6, 6.07) is 8.52. The summed E-state index contributed by atoms with van der Waals surface area (Å²) in [5.74, 6) is 2.90. The third-order valence-corrected chi connectivity index (χ3v) is 7.86. The van der Waals surface area contributed by atoms with E-state index >= 15 is 0 Å². The highest BCUT2D eigenvalue weighted by Crippen LogP contribution is 2.60. The van der Waals surface area contributed by atoms with Crippen molar-refractivity contribution in [1.29, 1.82) is 0 Å². The Bertz CT molecular complexity index is 917. The summed E-state index contributed by atoms with van der Waals surface area (Å²) in [4.78, 5) is 9.66. The average molecular weight is 346 g/mol. The predicted molar refractivity (Wildman–Crippen MR) is 103 cm³/mol. The van der Waals surface area contributed by atoms with E-state index in [1.54, 1.807) is 0 Å². The summed E-state index contributed by atoms with van der Waals surface area (Å²) < 4.78 is 0. The summed E-state index contributed by atoms with van der Waals surface area (Å²) >= 11 is 1.82. The molecule has 0 amide bonds. The van der Waals surface area contributed by atoms with Crippen molar-refractivity contribution in [1.82, 2.24) is 9.97 Å². The maximum absolute atomic E-state index is 5.20. The molecule has 2 nitrogen and oxygen atoms in total. The monoisotopic (exact) mass is 346 g/mol. The number of hydrogen-bond donors (Lipinski definition) is 0. The molecule has 2 aromatic heterocycles. The number of nitrogens with zero attached hydrogens (tertiary/aromatic N) is 2. The SMILES string of the molecule is c1ccc2c(-c3nc(C45CC6CC(CC(C6)C4)C5)cs3)cncc2c1. The van der Waals surface area contributed by atoms with Gasteiger partial charge in [0.1, 0.15) is 5.01 Å². The lowest BCUT2D eigenvalue weighted by molar-refractivity contribution is -0.00689. The first-order chi connectivity index (χ1) is 12.3. The van der Waals surface area contributed by atoms with Crippen molar-refractivity contribution in [3.8, 4) is 10.6 Å².